The van der Waals surface area contributed by atoms with Crippen LogP contribution in [0.5, 0.6) is 0 Å². The van der Waals surface area contributed by atoms with Crippen LogP contribution in [0.15, 0.2) is 9.59 Å². The van der Waals surface area contributed by atoms with Crippen LogP contribution in [0.1, 0.15) is 58.4 Å². The highest BCUT2D eigenvalue weighted by atomic mass is 35.5. The average Bonchev–Trinajstić information content (AvgIpc) is 2.36. The fourth-order valence-electron chi connectivity index (χ4n) is 2.27. The second-order valence-electron chi connectivity index (χ2n) is 5.63. The number of H-pyrrole nitrogens is 1. The second-order valence-corrected chi connectivity index (χ2v) is 6.01. The Kier molecular flexibility index (Phi) is 7.06. The quantitative estimate of drug-likeness (QED) is 0.591. The summed E-state index contributed by atoms with van der Waals surface area (Å²) in [6.45, 7) is 6.77. The molecule has 0 bridgehead atoms. The van der Waals surface area contributed by atoms with Gasteiger partial charge in [0, 0.05) is 6.54 Å². The van der Waals surface area contributed by atoms with Crippen LogP contribution in [-0.4, -0.2) is 9.55 Å². The third-order valence-electron chi connectivity index (χ3n) is 3.50. The van der Waals surface area contributed by atoms with Gasteiger partial charge in [0.15, 0.2) is 0 Å². The monoisotopic (exact) mass is 300 g/mol. The third kappa shape index (κ3) is 4.82. The van der Waals surface area contributed by atoms with Gasteiger partial charge in [0.1, 0.15) is 5.15 Å². The van der Waals surface area contributed by atoms with E-state index in [2.05, 4.69) is 18.8 Å². The zero-order valence-electron chi connectivity index (χ0n) is 12.7. The van der Waals surface area contributed by atoms with Gasteiger partial charge in [0.25, 0.3) is 5.56 Å². The molecule has 0 aliphatic rings. The highest BCUT2D eigenvalue weighted by Crippen LogP contribution is 2.10. The van der Waals surface area contributed by atoms with Crippen molar-refractivity contribution in [1.29, 1.82) is 0 Å². The Morgan fingerprint density at radius 1 is 1.15 bits per heavy atom. The summed E-state index contributed by atoms with van der Waals surface area (Å²) in [5.41, 5.74) is -0.158. The predicted octanol–water partition coefficient (Wildman–Crippen LogP) is 3.36. The summed E-state index contributed by atoms with van der Waals surface area (Å²) in [4.78, 5) is 26.4. The fraction of sp³-hybridized carbons (Fsp3) is 0.733. The molecule has 0 saturated carbocycles. The second kappa shape index (κ2) is 8.30. The molecule has 0 aliphatic carbocycles. The maximum atomic E-state index is 12.1. The van der Waals surface area contributed by atoms with Gasteiger partial charge >= 0.3 is 5.69 Å². The largest absolute Gasteiger partial charge is 0.329 e. The molecule has 0 unspecified atom stereocenters. The predicted molar refractivity (Wildman–Crippen MR) is 83.6 cm³/mol. The van der Waals surface area contributed by atoms with Crippen LogP contribution in [-0.2, 0) is 13.0 Å². The lowest BCUT2D eigenvalue weighted by Crippen LogP contribution is -2.37. The van der Waals surface area contributed by atoms with E-state index in [-0.39, 0.29) is 10.7 Å². The molecule has 0 amide bonds. The number of halogens is 1. The molecule has 114 valence electrons. The third-order valence-corrected chi connectivity index (χ3v) is 3.82. The summed E-state index contributed by atoms with van der Waals surface area (Å²) in [6.07, 6.45) is 6.03. The minimum Gasteiger partial charge on any atom is -0.297 e. The molecule has 4 nitrogen and oxygen atoms in total. The molecule has 0 fully saturated rings. The summed E-state index contributed by atoms with van der Waals surface area (Å²) in [6, 6.07) is 0. The van der Waals surface area contributed by atoms with Crippen LogP contribution in [0.3, 0.4) is 0 Å². The number of aromatic nitrogens is 2. The molecular formula is C15H25ClN2O2. The molecule has 1 aromatic heterocycles. The summed E-state index contributed by atoms with van der Waals surface area (Å²) in [5, 5.41) is 0.177. The lowest BCUT2D eigenvalue weighted by Gasteiger charge is -2.08. The van der Waals surface area contributed by atoms with E-state index in [4.69, 9.17) is 11.6 Å². The van der Waals surface area contributed by atoms with E-state index >= 15 is 0 Å². The summed E-state index contributed by atoms with van der Waals surface area (Å²) >= 11 is 5.87. The summed E-state index contributed by atoms with van der Waals surface area (Å²) in [7, 11) is 0. The van der Waals surface area contributed by atoms with E-state index in [0.29, 0.717) is 18.5 Å². The number of hydrogen-bond donors (Lipinski definition) is 1. The first kappa shape index (κ1) is 17.0. The molecule has 0 aromatic carbocycles. The molecule has 1 heterocycles. The Bertz CT molecular complexity index is 532. The molecule has 0 saturated heterocycles. The zero-order valence-corrected chi connectivity index (χ0v) is 13.4. The first-order valence-corrected chi connectivity index (χ1v) is 7.86. The normalized spacial score (nSPS) is 11.2. The van der Waals surface area contributed by atoms with E-state index in [9.17, 15) is 9.59 Å². The van der Waals surface area contributed by atoms with Crippen LogP contribution in [0.2, 0.25) is 5.15 Å². The van der Waals surface area contributed by atoms with Crippen molar-refractivity contribution in [2.75, 3.05) is 0 Å². The molecule has 0 aliphatic heterocycles. The first-order valence-electron chi connectivity index (χ1n) is 7.48. The van der Waals surface area contributed by atoms with Crippen molar-refractivity contribution in [3.63, 3.8) is 0 Å². The molecule has 0 spiro atoms. The van der Waals surface area contributed by atoms with Gasteiger partial charge < -0.3 is 0 Å². The van der Waals surface area contributed by atoms with Gasteiger partial charge in [-0.2, -0.15) is 0 Å². The first-order chi connectivity index (χ1) is 9.47. The Morgan fingerprint density at radius 3 is 2.40 bits per heavy atom. The zero-order chi connectivity index (χ0) is 15.1. The van der Waals surface area contributed by atoms with Gasteiger partial charge in [0.2, 0.25) is 0 Å². The van der Waals surface area contributed by atoms with E-state index < -0.39 is 5.69 Å². The van der Waals surface area contributed by atoms with E-state index in [1.165, 1.54) is 17.4 Å². The lowest BCUT2D eigenvalue weighted by molar-refractivity contribution is 0.496. The van der Waals surface area contributed by atoms with Crippen molar-refractivity contribution < 1.29 is 0 Å². The SMILES string of the molecule is CCc1c(Cl)[nH]c(=O)n(CCCCCCC(C)C)c1=O. The molecule has 1 aromatic rings. The minimum absolute atomic E-state index is 0.177. The van der Waals surface area contributed by atoms with Crippen molar-refractivity contribution in [3.8, 4) is 0 Å². The molecular weight excluding hydrogens is 276 g/mol. The Balaban J connectivity index is 2.57. The lowest BCUT2D eigenvalue weighted by atomic mass is 10.0. The van der Waals surface area contributed by atoms with Crippen molar-refractivity contribution in [3.05, 3.63) is 31.6 Å². The summed E-state index contributed by atoms with van der Waals surface area (Å²) < 4.78 is 1.27. The Morgan fingerprint density at radius 2 is 1.80 bits per heavy atom. The number of nitrogens with zero attached hydrogens (tertiary/aromatic N) is 1. The van der Waals surface area contributed by atoms with Gasteiger partial charge in [0.05, 0.1) is 5.56 Å². The standard InChI is InChI=1S/C15H25ClN2O2/c1-4-12-13(16)17-15(20)18(14(12)19)10-8-6-5-7-9-11(2)3/h11H,4-10H2,1-3H3,(H,17,20). The molecule has 1 rings (SSSR count). The van der Waals surface area contributed by atoms with Gasteiger partial charge in [-0.1, -0.05) is 58.1 Å². The van der Waals surface area contributed by atoms with Crippen LogP contribution >= 0.6 is 11.6 Å². The maximum Gasteiger partial charge on any atom is 0.329 e. The van der Waals surface area contributed by atoms with Gasteiger partial charge in [-0.15, -0.1) is 0 Å². The highest BCUT2D eigenvalue weighted by molar-refractivity contribution is 6.30. The molecule has 5 heteroatoms. The van der Waals surface area contributed by atoms with E-state index in [1.807, 2.05) is 6.92 Å². The topological polar surface area (TPSA) is 54.9 Å². The minimum atomic E-state index is -0.403. The number of unbranched alkanes of at least 4 members (excludes halogenated alkanes) is 3. The molecule has 0 radical (unpaired) electrons. The van der Waals surface area contributed by atoms with Crippen molar-refractivity contribution in [2.24, 2.45) is 5.92 Å². The number of nitrogens with one attached hydrogen (secondary N) is 1. The number of rotatable bonds is 8. The van der Waals surface area contributed by atoms with Gasteiger partial charge in [-0.25, -0.2) is 4.79 Å². The maximum absolute atomic E-state index is 12.1. The van der Waals surface area contributed by atoms with Gasteiger partial charge in [-0.05, 0) is 18.8 Å². The molecule has 1 N–H and O–H groups in total. The van der Waals surface area contributed by atoms with Crippen molar-refractivity contribution in [2.45, 2.75) is 65.8 Å². The number of aromatic amines is 1. The van der Waals surface area contributed by atoms with Crippen LogP contribution in [0.4, 0.5) is 0 Å². The molecule has 0 atom stereocenters. The van der Waals surface area contributed by atoms with Crippen LogP contribution in [0.25, 0.3) is 0 Å². The fourth-order valence-corrected chi connectivity index (χ4v) is 2.57. The highest BCUT2D eigenvalue weighted by Gasteiger charge is 2.10. The van der Waals surface area contributed by atoms with Crippen LogP contribution < -0.4 is 11.2 Å². The summed E-state index contributed by atoms with van der Waals surface area (Å²) in [5.74, 6) is 0.740. The Hall–Kier alpha value is -1.03. The van der Waals surface area contributed by atoms with E-state index in [1.54, 1.807) is 0 Å². The van der Waals surface area contributed by atoms with E-state index in [0.717, 1.165) is 25.2 Å². The smallest absolute Gasteiger partial charge is 0.297 e. The molecule has 20 heavy (non-hydrogen) atoms. The number of hydrogen-bond acceptors (Lipinski definition) is 2. The Labute approximate surface area is 125 Å². The van der Waals surface area contributed by atoms with Crippen molar-refractivity contribution in [1.82, 2.24) is 9.55 Å². The van der Waals surface area contributed by atoms with Crippen LogP contribution in [0, 0.1) is 5.92 Å². The van der Waals surface area contributed by atoms with Gasteiger partial charge in [-0.3, -0.25) is 14.3 Å². The van der Waals surface area contributed by atoms with Crippen molar-refractivity contribution >= 4 is 11.6 Å². The average molecular weight is 301 g/mol.